The average Bonchev–Trinajstić information content (AvgIpc) is 2.61. The Labute approximate surface area is 137 Å². The molecule has 0 aromatic heterocycles. The third-order valence-electron chi connectivity index (χ3n) is 4.02. The van der Waals surface area contributed by atoms with Crippen molar-refractivity contribution in [2.75, 3.05) is 32.8 Å². The van der Waals surface area contributed by atoms with Crippen LogP contribution in [0.1, 0.15) is 11.1 Å². The van der Waals surface area contributed by atoms with Crippen LogP contribution in [0.4, 0.5) is 0 Å². The number of nitrogens with zero attached hydrogens (tertiary/aromatic N) is 1. The summed E-state index contributed by atoms with van der Waals surface area (Å²) in [5.41, 5.74) is 8.37. The number of nitrogens with two attached hydrogens (primary N) is 1. The van der Waals surface area contributed by atoms with Crippen molar-refractivity contribution in [1.29, 1.82) is 0 Å². The predicted molar refractivity (Wildman–Crippen MR) is 91.9 cm³/mol. The minimum Gasteiger partial charge on any atom is -0.486 e. The molecule has 0 radical (unpaired) electrons. The molecular weight excluding hydrogens is 288 g/mol. The molecule has 4 nitrogen and oxygen atoms in total. The molecule has 2 aromatic carbocycles. The first-order valence-corrected chi connectivity index (χ1v) is 8.20. The van der Waals surface area contributed by atoms with Gasteiger partial charge < -0.3 is 15.2 Å². The van der Waals surface area contributed by atoms with Gasteiger partial charge in [0.05, 0.1) is 0 Å². The van der Waals surface area contributed by atoms with Crippen LogP contribution in [0, 0.1) is 0 Å². The zero-order chi connectivity index (χ0) is 15.9. The lowest BCUT2D eigenvalue weighted by molar-refractivity contribution is 0.171. The van der Waals surface area contributed by atoms with Gasteiger partial charge in [-0.1, -0.05) is 36.4 Å². The van der Waals surface area contributed by atoms with Crippen molar-refractivity contribution in [1.82, 2.24) is 4.90 Å². The molecule has 0 bridgehead atoms. The fraction of sp³-hybridized carbons (Fsp3) is 0.368. The molecule has 0 fully saturated rings. The van der Waals surface area contributed by atoms with E-state index >= 15 is 0 Å². The first-order chi connectivity index (χ1) is 11.3. The van der Waals surface area contributed by atoms with Crippen LogP contribution in [-0.2, 0) is 13.0 Å². The smallest absolute Gasteiger partial charge is 0.161 e. The zero-order valence-electron chi connectivity index (χ0n) is 13.4. The normalized spacial score (nSPS) is 13.3. The summed E-state index contributed by atoms with van der Waals surface area (Å²) in [6.45, 7) is 4.68. The number of benzene rings is 2. The van der Waals surface area contributed by atoms with Crippen molar-refractivity contribution in [3.05, 3.63) is 59.7 Å². The summed E-state index contributed by atoms with van der Waals surface area (Å²) in [6, 6.07) is 16.8. The van der Waals surface area contributed by atoms with Gasteiger partial charge in [-0.25, -0.2) is 0 Å². The maximum Gasteiger partial charge on any atom is 0.161 e. The Bertz CT molecular complexity index is 616. The highest BCUT2D eigenvalue weighted by Gasteiger charge is 2.13. The molecule has 0 atom stereocenters. The third kappa shape index (κ3) is 4.47. The van der Waals surface area contributed by atoms with E-state index in [1.54, 1.807) is 0 Å². The van der Waals surface area contributed by atoms with Gasteiger partial charge >= 0.3 is 0 Å². The van der Waals surface area contributed by atoms with Crippen molar-refractivity contribution in [2.45, 2.75) is 13.0 Å². The molecule has 0 aliphatic carbocycles. The molecule has 4 heteroatoms. The fourth-order valence-corrected chi connectivity index (χ4v) is 2.83. The Morgan fingerprint density at radius 1 is 0.870 bits per heavy atom. The summed E-state index contributed by atoms with van der Waals surface area (Å²) in [5.74, 6) is 1.69. The van der Waals surface area contributed by atoms with Gasteiger partial charge in [0, 0.05) is 26.2 Å². The zero-order valence-corrected chi connectivity index (χ0v) is 13.4. The lowest BCUT2D eigenvalue weighted by Crippen LogP contribution is -2.31. The first kappa shape index (κ1) is 15.8. The van der Waals surface area contributed by atoms with E-state index in [0.29, 0.717) is 19.8 Å². The number of fused-ring (bicyclic) bond motifs is 1. The van der Waals surface area contributed by atoms with Crippen LogP contribution in [0.3, 0.4) is 0 Å². The number of rotatable bonds is 7. The Morgan fingerprint density at radius 3 is 2.43 bits per heavy atom. The molecule has 1 heterocycles. The minimum atomic E-state index is 0.622. The molecule has 0 saturated heterocycles. The molecule has 0 amide bonds. The Balaban J connectivity index is 1.62. The van der Waals surface area contributed by atoms with Crippen LogP contribution >= 0.6 is 0 Å². The summed E-state index contributed by atoms with van der Waals surface area (Å²) in [4.78, 5) is 2.39. The molecule has 2 aromatic rings. The molecule has 3 rings (SSSR count). The van der Waals surface area contributed by atoms with Crippen molar-refractivity contribution >= 4 is 0 Å². The van der Waals surface area contributed by atoms with Gasteiger partial charge in [-0.2, -0.15) is 0 Å². The third-order valence-corrected chi connectivity index (χ3v) is 4.02. The van der Waals surface area contributed by atoms with Crippen LogP contribution < -0.4 is 15.2 Å². The summed E-state index contributed by atoms with van der Waals surface area (Å²) in [6.07, 6.45) is 1.03. The number of hydrogen-bond acceptors (Lipinski definition) is 4. The van der Waals surface area contributed by atoms with Crippen LogP contribution in [0.25, 0.3) is 0 Å². The van der Waals surface area contributed by atoms with Crippen LogP contribution in [0.2, 0.25) is 0 Å². The van der Waals surface area contributed by atoms with E-state index in [1.807, 2.05) is 6.07 Å². The minimum absolute atomic E-state index is 0.622. The molecular formula is C19H24N2O2. The second-order valence-corrected chi connectivity index (χ2v) is 5.78. The highest BCUT2D eigenvalue weighted by molar-refractivity contribution is 5.43. The summed E-state index contributed by atoms with van der Waals surface area (Å²) in [7, 11) is 0. The Kier molecular flexibility index (Phi) is 5.51. The summed E-state index contributed by atoms with van der Waals surface area (Å²) in [5, 5.41) is 0. The van der Waals surface area contributed by atoms with Gasteiger partial charge in [0.15, 0.2) is 11.5 Å². The van der Waals surface area contributed by atoms with E-state index in [4.69, 9.17) is 15.2 Å². The van der Waals surface area contributed by atoms with Crippen molar-refractivity contribution in [2.24, 2.45) is 5.73 Å². The van der Waals surface area contributed by atoms with Crippen molar-refractivity contribution in [3.8, 4) is 11.5 Å². The van der Waals surface area contributed by atoms with Gasteiger partial charge in [0.25, 0.3) is 0 Å². The Hall–Kier alpha value is -2.04. The van der Waals surface area contributed by atoms with E-state index in [0.717, 1.165) is 37.6 Å². The highest BCUT2D eigenvalue weighted by atomic mass is 16.6. The highest BCUT2D eigenvalue weighted by Crippen LogP contribution is 2.31. The first-order valence-electron chi connectivity index (χ1n) is 8.20. The van der Waals surface area contributed by atoms with Crippen molar-refractivity contribution in [3.63, 3.8) is 0 Å². The SMILES string of the molecule is NCCN(CCc1ccccc1)Cc1ccc2c(c1)OCCO2. The quantitative estimate of drug-likeness (QED) is 0.853. The van der Waals surface area contributed by atoms with Gasteiger partial charge in [0.1, 0.15) is 13.2 Å². The van der Waals surface area contributed by atoms with Crippen LogP contribution in [0.5, 0.6) is 11.5 Å². The molecule has 122 valence electrons. The van der Waals surface area contributed by atoms with E-state index in [-0.39, 0.29) is 0 Å². The fourth-order valence-electron chi connectivity index (χ4n) is 2.83. The molecule has 0 saturated carbocycles. The molecule has 0 unspecified atom stereocenters. The maximum atomic E-state index is 5.78. The number of hydrogen-bond donors (Lipinski definition) is 1. The monoisotopic (exact) mass is 312 g/mol. The lowest BCUT2D eigenvalue weighted by Gasteiger charge is -2.23. The topological polar surface area (TPSA) is 47.7 Å². The second-order valence-electron chi connectivity index (χ2n) is 5.78. The van der Waals surface area contributed by atoms with Crippen molar-refractivity contribution < 1.29 is 9.47 Å². The van der Waals surface area contributed by atoms with Gasteiger partial charge in [-0.05, 0) is 29.7 Å². The molecule has 1 aliphatic heterocycles. The summed E-state index contributed by atoms with van der Waals surface area (Å²) < 4.78 is 11.2. The standard InChI is InChI=1S/C19H24N2O2/c20-9-11-21(10-8-16-4-2-1-3-5-16)15-17-6-7-18-19(14-17)23-13-12-22-18/h1-7,14H,8-13,15,20H2. The van der Waals surface area contributed by atoms with E-state index in [9.17, 15) is 0 Å². The van der Waals surface area contributed by atoms with Gasteiger partial charge in [-0.15, -0.1) is 0 Å². The molecule has 0 spiro atoms. The van der Waals surface area contributed by atoms with Crippen LogP contribution in [0.15, 0.2) is 48.5 Å². The largest absolute Gasteiger partial charge is 0.486 e. The van der Waals surface area contributed by atoms with E-state index in [2.05, 4.69) is 47.4 Å². The Morgan fingerprint density at radius 2 is 1.65 bits per heavy atom. The maximum absolute atomic E-state index is 5.78. The van der Waals surface area contributed by atoms with Gasteiger partial charge in [-0.3, -0.25) is 4.90 Å². The second kappa shape index (κ2) is 7.99. The van der Waals surface area contributed by atoms with E-state index in [1.165, 1.54) is 11.1 Å². The van der Waals surface area contributed by atoms with Gasteiger partial charge in [0.2, 0.25) is 0 Å². The lowest BCUT2D eigenvalue weighted by atomic mass is 10.1. The number of ether oxygens (including phenoxy) is 2. The predicted octanol–water partition coefficient (Wildman–Crippen LogP) is 2.46. The molecule has 2 N–H and O–H groups in total. The van der Waals surface area contributed by atoms with Crippen LogP contribution in [-0.4, -0.2) is 37.7 Å². The molecule has 23 heavy (non-hydrogen) atoms. The summed E-state index contributed by atoms with van der Waals surface area (Å²) >= 11 is 0. The molecule has 1 aliphatic rings. The van der Waals surface area contributed by atoms with E-state index < -0.39 is 0 Å². The average molecular weight is 312 g/mol.